The fourth-order valence-corrected chi connectivity index (χ4v) is 2.62. The highest BCUT2D eigenvalue weighted by molar-refractivity contribution is 8.00. The van der Waals surface area contributed by atoms with E-state index in [9.17, 15) is 4.79 Å². The van der Waals surface area contributed by atoms with Gasteiger partial charge in [-0.15, -0.1) is 11.8 Å². The Bertz CT molecular complexity index is 388. The molecule has 0 aliphatic rings. The number of benzene rings is 1. The molecular weight excluding hydrogens is 258 g/mol. The van der Waals surface area contributed by atoms with E-state index in [1.54, 1.807) is 11.8 Å². The second kappa shape index (κ2) is 8.23. The zero-order valence-electron chi connectivity index (χ0n) is 11.8. The number of carbonyl (C=O) groups is 1. The third-order valence-corrected chi connectivity index (χ3v) is 4.23. The lowest BCUT2D eigenvalue weighted by Gasteiger charge is -2.18. The third-order valence-electron chi connectivity index (χ3n) is 3.12. The first-order valence-corrected chi connectivity index (χ1v) is 7.65. The maximum atomic E-state index is 12.0. The largest absolute Gasteiger partial charge is 0.392 e. The van der Waals surface area contributed by atoms with Gasteiger partial charge >= 0.3 is 0 Å². The molecule has 0 radical (unpaired) electrons. The highest BCUT2D eigenvalue weighted by Gasteiger charge is 2.16. The Morgan fingerprint density at radius 3 is 2.32 bits per heavy atom. The molecule has 4 heteroatoms. The van der Waals surface area contributed by atoms with Crippen LogP contribution in [0.5, 0.6) is 0 Å². The van der Waals surface area contributed by atoms with Gasteiger partial charge in [-0.1, -0.05) is 26.0 Å². The minimum Gasteiger partial charge on any atom is -0.392 e. The maximum Gasteiger partial charge on any atom is 0.233 e. The minimum absolute atomic E-state index is 0.0513. The molecular formula is C15H23NO2S. The Balaban J connectivity index is 2.53. The normalized spacial score (nSPS) is 12.5. The van der Waals surface area contributed by atoms with Gasteiger partial charge in [-0.3, -0.25) is 4.79 Å². The fourth-order valence-electron chi connectivity index (χ4n) is 1.74. The van der Waals surface area contributed by atoms with Gasteiger partial charge in [-0.05, 0) is 37.5 Å². The first kappa shape index (κ1) is 16.1. The van der Waals surface area contributed by atoms with Crippen LogP contribution >= 0.6 is 11.8 Å². The van der Waals surface area contributed by atoms with Crippen LogP contribution in [0.2, 0.25) is 0 Å². The molecule has 2 N–H and O–H groups in total. The van der Waals surface area contributed by atoms with Gasteiger partial charge in [0.05, 0.1) is 11.9 Å². The van der Waals surface area contributed by atoms with Crippen molar-refractivity contribution in [2.45, 2.75) is 56.4 Å². The molecule has 0 spiro atoms. The molecule has 0 aromatic heterocycles. The molecule has 1 amide bonds. The van der Waals surface area contributed by atoms with E-state index < -0.39 is 0 Å². The van der Waals surface area contributed by atoms with Crippen molar-refractivity contribution in [3.05, 3.63) is 29.8 Å². The summed E-state index contributed by atoms with van der Waals surface area (Å²) in [5.41, 5.74) is 0.887. The first-order valence-electron chi connectivity index (χ1n) is 6.77. The monoisotopic (exact) mass is 281 g/mol. The maximum absolute atomic E-state index is 12.0. The van der Waals surface area contributed by atoms with Gasteiger partial charge in [0.2, 0.25) is 5.91 Å². The third kappa shape index (κ3) is 5.25. The number of carbonyl (C=O) groups excluding carboxylic acids is 1. The summed E-state index contributed by atoms with van der Waals surface area (Å²) in [7, 11) is 0. The number of hydrogen-bond acceptors (Lipinski definition) is 3. The number of aliphatic hydroxyl groups excluding tert-OH is 1. The van der Waals surface area contributed by atoms with Crippen LogP contribution in [0.15, 0.2) is 29.2 Å². The Labute approximate surface area is 119 Å². The van der Waals surface area contributed by atoms with Crippen LogP contribution in [0.1, 0.15) is 39.2 Å². The molecule has 19 heavy (non-hydrogen) atoms. The molecule has 0 saturated carbocycles. The molecule has 0 fully saturated rings. The number of hydrogen-bond donors (Lipinski definition) is 2. The summed E-state index contributed by atoms with van der Waals surface area (Å²) in [6, 6.07) is 7.92. The van der Waals surface area contributed by atoms with E-state index in [4.69, 9.17) is 5.11 Å². The average Bonchev–Trinajstić information content (AvgIpc) is 2.45. The van der Waals surface area contributed by atoms with Crippen LogP contribution < -0.4 is 5.32 Å². The SMILES string of the molecule is CCC(CC)NC(=O)C(C)Sc1ccc(CO)cc1. The van der Waals surface area contributed by atoms with Gasteiger partial charge < -0.3 is 10.4 Å². The standard InChI is InChI=1S/C15H23NO2S/c1-4-13(5-2)16-15(18)11(3)19-14-8-6-12(10-17)7-9-14/h6-9,11,13,17H,4-5,10H2,1-3H3,(H,16,18). The van der Waals surface area contributed by atoms with Crippen molar-refractivity contribution in [2.24, 2.45) is 0 Å². The zero-order chi connectivity index (χ0) is 14.3. The highest BCUT2D eigenvalue weighted by Crippen LogP contribution is 2.23. The Hall–Kier alpha value is -1.00. The van der Waals surface area contributed by atoms with E-state index in [0.717, 1.165) is 23.3 Å². The lowest BCUT2D eigenvalue weighted by molar-refractivity contribution is -0.121. The van der Waals surface area contributed by atoms with Gasteiger partial charge in [-0.25, -0.2) is 0 Å². The summed E-state index contributed by atoms with van der Waals surface area (Å²) in [4.78, 5) is 13.1. The second-order valence-electron chi connectivity index (χ2n) is 4.58. The van der Waals surface area contributed by atoms with E-state index >= 15 is 0 Å². The average molecular weight is 281 g/mol. The first-order chi connectivity index (χ1) is 9.10. The number of amides is 1. The van der Waals surface area contributed by atoms with Gasteiger partial charge in [-0.2, -0.15) is 0 Å². The van der Waals surface area contributed by atoms with Crippen molar-refractivity contribution >= 4 is 17.7 Å². The van der Waals surface area contributed by atoms with E-state index in [1.807, 2.05) is 31.2 Å². The summed E-state index contributed by atoms with van der Waals surface area (Å²) in [5, 5.41) is 11.9. The van der Waals surface area contributed by atoms with E-state index in [0.29, 0.717) is 0 Å². The smallest absolute Gasteiger partial charge is 0.233 e. The van der Waals surface area contributed by atoms with E-state index in [1.165, 1.54) is 0 Å². The lowest BCUT2D eigenvalue weighted by atomic mass is 10.2. The van der Waals surface area contributed by atoms with E-state index in [2.05, 4.69) is 19.2 Å². The second-order valence-corrected chi connectivity index (χ2v) is 6.00. The van der Waals surface area contributed by atoms with Crippen LogP contribution in [0.25, 0.3) is 0 Å². The van der Waals surface area contributed by atoms with Crippen molar-refractivity contribution in [1.82, 2.24) is 5.32 Å². The van der Waals surface area contributed by atoms with Crippen molar-refractivity contribution < 1.29 is 9.90 Å². The van der Waals surface area contributed by atoms with Crippen molar-refractivity contribution in [3.8, 4) is 0 Å². The summed E-state index contributed by atoms with van der Waals surface area (Å²) < 4.78 is 0. The summed E-state index contributed by atoms with van der Waals surface area (Å²) in [6.45, 7) is 6.14. The Kier molecular flexibility index (Phi) is 6.95. The number of aliphatic hydroxyl groups is 1. The van der Waals surface area contributed by atoms with Crippen LogP contribution in [-0.2, 0) is 11.4 Å². The van der Waals surface area contributed by atoms with Crippen molar-refractivity contribution in [3.63, 3.8) is 0 Å². The predicted octanol–water partition coefficient (Wildman–Crippen LogP) is 2.96. The van der Waals surface area contributed by atoms with E-state index in [-0.39, 0.29) is 23.8 Å². The Morgan fingerprint density at radius 2 is 1.84 bits per heavy atom. The molecule has 1 rings (SSSR count). The molecule has 1 aromatic rings. The highest BCUT2D eigenvalue weighted by atomic mass is 32.2. The van der Waals surface area contributed by atoms with Crippen LogP contribution in [0.4, 0.5) is 0 Å². The number of rotatable bonds is 7. The van der Waals surface area contributed by atoms with Crippen molar-refractivity contribution in [2.75, 3.05) is 0 Å². The number of nitrogens with one attached hydrogen (secondary N) is 1. The molecule has 0 heterocycles. The number of thioether (sulfide) groups is 1. The topological polar surface area (TPSA) is 49.3 Å². The van der Waals surface area contributed by atoms with Gasteiger partial charge in [0.1, 0.15) is 0 Å². The van der Waals surface area contributed by atoms with Crippen molar-refractivity contribution in [1.29, 1.82) is 0 Å². The molecule has 0 aliphatic carbocycles. The van der Waals surface area contributed by atoms with Gasteiger partial charge in [0.15, 0.2) is 0 Å². The molecule has 106 valence electrons. The zero-order valence-corrected chi connectivity index (χ0v) is 12.7. The molecule has 1 atom stereocenters. The summed E-state index contributed by atoms with van der Waals surface area (Å²) in [5.74, 6) is 0.0879. The lowest BCUT2D eigenvalue weighted by Crippen LogP contribution is -2.38. The quantitative estimate of drug-likeness (QED) is 0.755. The predicted molar refractivity (Wildman–Crippen MR) is 80.2 cm³/mol. The fraction of sp³-hybridized carbons (Fsp3) is 0.533. The summed E-state index contributed by atoms with van der Waals surface area (Å²) in [6.07, 6.45) is 1.93. The minimum atomic E-state index is -0.111. The molecule has 1 unspecified atom stereocenters. The molecule has 3 nitrogen and oxygen atoms in total. The molecule has 0 aliphatic heterocycles. The van der Waals surface area contributed by atoms with Crippen LogP contribution in [0, 0.1) is 0 Å². The molecule has 0 bridgehead atoms. The molecule has 0 saturated heterocycles. The van der Waals surface area contributed by atoms with Gasteiger partial charge in [0.25, 0.3) is 0 Å². The van der Waals surface area contributed by atoms with Crippen LogP contribution in [-0.4, -0.2) is 22.3 Å². The molecule has 1 aromatic carbocycles. The van der Waals surface area contributed by atoms with Crippen LogP contribution in [0.3, 0.4) is 0 Å². The van der Waals surface area contributed by atoms with Gasteiger partial charge in [0, 0.05) is 10.9 Å². The Morgan fingerprint density at radius 1 is 1.26 bits per heavy atom. The summed E-state index contributed by atoms with van der Waals surface area (Å²) >= 11 is 1.54.